The van der Waals surface area contributed by atoms with Crippen LogP contribution in [0.5, 0.6) is 0 Å². The van der Waals surface area contributed by atoms with Gasteiger partial charge in [0, 0.05) is 18.1 Å². The van der Waals surface area contributed by atoms with Gasteiger partial charge in [0.2, 0.25) is 12.9 Å². The monoisotopic (exact) mass is 528 g/mol. The summed E-state index contributed by atoms with van der Waals surface area (Å²) in [5, 5.41) is 15.7. The van der Waals surface area contributed by atoms with Crippen LogP contribution in [0, 0.1) is 0 Å². The lowest BCUT2D eigenvalue weighted by Crippen LogP contribution is -2.70. The first-order valence-electron chi connectivity index (χ1n) is 10.0. The van der Waals surface area contributed by atoms with Crippen LogP contribution in [-0.4, -0.2) is 87.3 Å². The number of rotatable bonds is 10. The van der Waals surface area contributed by atoms with Crippen molar-refractivity contribution in [2.45, 2.75) is 31.6 Å². The summed E-state index contributed by atoms with van der Waals surface area (Å²) in [6, 6.07) is -1.000. The van der Waals surface area contributed by atoms with Gasteiger partial charge in [-0.15, -0.1) is 23.1 Å². The zero-order valence-corrected chi connectivity index (χ0v) is 20.0. The number of carboxylic acids is 1. The quantitative estimate of drug-likeness (QED) is 0.139. The molecule has 3 rings (SSSR count). The highest BCUT2D eigenvalue weighted by Gasteiger charge is 2.53. The van der Waals surface area contributed by atoms with Crippen molar-refractivity contribution in [3.63, 3.8) is 0 Å². The lowest BCUT2D eigenvalue weighted by molar-refractivity contribution is -0.168. The number of esters is 1. The number of nitrogens with one attached hydrogen (secondary N) is 1. The molecule has 0 radical (unpaired) electrons. The molecule has 2 unspecified atom stereocenters. The van der Waals surface area contributed by atoms with E-state index in [2.05, 4.69) is 25.0 Å². The largest absolute Gasteiger partial charge is 0.511 e. The van der Waals surface area contributed by atoms with Crippen LogP contribution < -0.4 is 5.32 Å². The molecule has 2 amide bonds. The number of thiazole rings is 1. The van der Waals surface area contributed by atoms with E-state index >= 15 is 0 Å². The summed E-state index contributed by atoms with van der Waals surface area (Å²) in [6.45, 7) is 2.21. The Bertz CT molecular complexity index is 1060. The molecular weight excluding hydrogens is 508 g/mol. The molecule has 1 aromatic heterocycles. The highest BCUT2D eigenvalue weighted by molar-refractivity contribution is 8.00. The van der Waals surface area contributed by atoms with Crippen molar-refractivity contribution < 1.29 is 48.1 Å². The van der Waals surface area contributed by atoms with Gasteiger partial charge in [-0.3, -0.25) is 14.5 Å². The van der Waals surface area contributed by atoms with Gasteiger partial charge in [-0.05, 0) is 13.0 Å². The van der Waals surface area contributed by atoms with Gasteiger partial charge < -0.3 is 29.5 Å². The van der Waals surface area contributed by atoms with Crippen LogP contribution in [0.1, 0.15) is 19.5 Å². The summed E-state index contributed by atoms with van der Waals surface area (Å²) in [6.07, 6.45) is -0.782. The highest BCUT2D eigenvalue weighted by atomic mass is 32.2. The maximum atomic E-state index is 12.8. The Morgan fingerprint density at radius 1 is 1.34 bits per heavy atom. The standard InChI is InChI=1S/C19H20N4O10S2/c1-3-30-19(29)33-9(2)32-18(28)11-4-5-35-17-14(16(27)23(11)17)21-15(26)13(10-7-34-8-20-10)22-31-6-12(24)25/h4,7-9,14,17H,3,5-6H2,1-2H3,(H,21,26)(H,24,25)/t9?,14?,17-/m1/s1. The highest BCUT2D eigenvalue weighted by Crippen LogP contribution is 2.38. The number of thioether (sulfide) groups is 1. The number of aliphatic carboxylic acids is 1. The molecule has 0 bridgehead atoms. The molecule has 188 valence electrons. The minimum Gasteiger partial charge on any atom is -0.479 e. The number of aromatic nitrogens is 1. The van der Waals surface area contributed by atoms with E-state index < -0.39 is 54.2 Å². The van der Waals surface area contributed by atoms with Crippen molar-refractivity contribution in [2.24, 2.45) is 5.16 Å². The first-order chi connectivity index (χ1) is 16.7. The lowest BCUT2D eigenvalue weighted by Gasteiger charge is -2.48. The van der Waals surface area contributed by atoms with E-state index in [1.807, 2.05) is 0 Å². The van der Waals surface area contributed by atoms with Gasteiger partial charge in [-0.2, -0.15) is 0 Å². The van der Waals surface area contributed by atoms with Gasteiger partial charge in [0.15, 0.2) is 5.71 Å². The second kappa shape index (κ2) is 11.7. The SMILES string of the molecule is CCOC(=O)OC(C)OC(=O)C1=CCS[C@@H]2C(NC(=O)C(=NOCC(=O)O)c3cscn3)C(=O)N12. The number of ether oxygens (including phenoxy) is 3. The van der Waals surface area contributed by atoms with E-state index in [0.717, 1.165) is 0 Å². The van der Waals surface area contributed by atoms with Gasteiger partial charge >= 0.3 is 18.1 Å². The van der Waals surface area contributed by atoms with Crippen LogP contribution in [-0.2, 0) is 38.2 Å². The van der Waals surface area contributed by atoms with Crippen molar-refractivity contribution in [2.75, 3.05) is 19.0 Å². The van der Waals surface area contributed by atoms with E-state index in [9.17, 15) is 24.0 Å². The Labute approximate surface area is 206 Å². The number of β-lactam (4-membered cyclic amide) rings is 1. The zero-order chi connectivity index (χ0) is 25.5. The summed E-state index contributed by atoms with van der Waals surface area (Å²) >= 11 is 2.47. The third kappa shape index (κ3) is 6.27. The third-order valence-electron chi connectivity index (χ3n) is 4.37. The molecule has 0 spiro atoms. The molecule has 2 aliphatic rings. The molecule has 16 heteroatoms. The molecule has 14 nitrogen and oxygen atoms in total. The summed E-state index contributed by atoms with van der Waals surface area (Å²) in [7, 11) is 0. The predicted molar refractivity (Wildman–Crippen MR) is 119 cm³/mol. The Balaban J connectivity index is 1.64. The van der Waals surface area contributed by atoms with Crippen molar-refractivity contribution in [3.8, 4) is 0 Å². The Hall–Kier alpha value is -3.66. The fourth-order valence-corrected chi connectivity index (χ4v) is 4.68. The molecule has 2 N–H and O–H groups in total. The van der Waals surface area contributed by atoms with Gasteiger partial charge in [0.1, 0.15) is 22.8 Å². The maximum absolute atomic E-state index is 12.8. The van der Waals surface area contributed by atoms with Crippen LogP contribution in [0.4, 0.5) is 4.79 Å². The second-order valence-electron chi connectivity index (χ2n) is 6.73. The zero-order valence-electron chi connectivity index (χ0n) is 18.4. The fourth-order valence-electron chi connectivity index (χ4n) is 2.95. The number of oxime groups is 1. The van der Waals surface area contributed by atoms with Gasteiger partial charge in [-0.1, -0.05) is 5.16 Å². The number of nitrogens with zero attached hydrogens (tertiary/aromatic N) is 3. The minimum absolute atomic E-state index is 0.0539. The topological polar surface area (TPSA) is 183 Å². The van der Waals surface area contributed by atoms with E-state index in [-0.39, 0.29) is 23.7 Å². The Kier molecular flexibility index (Phi) is 8.64. The molecule has 0 aliphatic carbocycles. The Morgan fingerprint density at radius 2 is 2.11 bits per heavy atom. The molecule has 35 heavy (non-hydrogen) atoms. The number of fused-ring (bicyclic) bond motifs is 1. The molecule has 0 aromatic carbocycles. The summed E-state index contributed by atoms with van der Waals surface area (Å²) in [4.78, 5) is 70.0. The number of hydrogen-bond acceptors (Lipinski definition) is 13. The van der Waals surface area contributed by atoms with Gasteiger partial charge in [-0.25, -0.2) is 19.4 Å². The molecule has 1 fully saturated rings. The van der Waals surface area contributed by atoms with E-state index in [1.54, 1.807) is 6.92 Å². The van der Waals surface area contributed by atoms with Crippen molar-refractivity contribution in [3.05, 3.63) is 28.4 Å². The first kappa shape index (κ1) is 26.0. The lowest BCUT2D eigenvalue weighted by atomic mass is 10.0. The fraction of sp³-hybridized carbons (Fsp3) is 0.421. The first-order valence-corrected chi connectivity index (χ1v) is 12.0. The van der Waals surface area contributed by atoms with Crippen LogP contribution in [0.25, 0.3) is 0 Å². The number of hydrogen-bond donors (Lipinski definition) is 2. The average molecular weight is 529 g/mol. The molecule has 3 heterocycles. The summed E-state index contributed by atoms with van der Waals surface area (Å²) < 4.78 is 14.5. The van der Waals surface area contributed by atoms with Crippen molar-refractivity contribution in [1.82, 2.24) is 15.2 Å². The normalized spacial score (nSPS) is 19.9. The smallest absolute Gasteiger partial charge is 0.479 e. The van der Waals surface area contributed by atoms with Gasteiger partial charge in [0.25, 0.3) is 11.8 Å². The van der Waals surface area contributed by atoms with Crippen LogP contribution in [0.3, 0.4) is 0 Å². The number of carbonyl (C=O) groups is 5. The van der Waals surface area contributed by atoms with Gasteiger partial charge in [0.05, 0.1) is 12.1 Å². The molecule has 3 atom stereocenters. The van der Waals surface area contributed by atoms with Crippen LogP contribution in [0.15, 0.2) is 27.8 Å². The van der Waals surface area contributed by atoms with E-state index in [1.165, 1.54) is 51.9 Å². The second-order valence-corrected chi connectivity index (χ2v) is 8.60. The minimum atomic E-state index is -1.29. The number of carboxylic acid groups (broad SMARTS) is 1. The van der Waals surface area contributed by atoms with E-state index in [4.69, 9.17) is 14.6 Å². The molecule has 1 saturated heterocycles. The predicted octanol–water partition coefficient (Wildman–Crippen LogP) is 0.295. The molecule has 1 aromatic rings. The molecular formula is C19H20N4O10S2. The summed E-state index contributed by atoms with van der Waals surface area (Å²) in [5.41, 5.74) is 1.22. The van der Waals surface area contributed by atoms with Crippen molar-refractivity contribution in [1.29, 1.82) is 0 Å². The summed E-state index contributed by atoms with van der Waals surface area (Å²) in [5.74, 6) is -3.23. The van der Waals surface area contributed by atoms with E-state index in [0.29, 0.717) is 5.75 Å². The van der Waals surface area contributed by atoms with Crippen LogP contribution in [0.2, 0.25) is 0 Å². The number of amides is 2. The average Bonchev–Trinajstić information content (AvgIpc) is 3.33. The van der Waals surface area contributed by atoms with Crippen molar-refractivity contribution >= 4 is 58.7 Å². The number of carbonyl (C=O) groups excluding carboxylic acids is 4. The maximum Gasteiger partial charge on any atom is 0.511 e. The van der Waals surface area contributed by atoms with Crippen LogP contribution >= 0.6 is 23.1 Å². The third-order valence-corrected chi connectivity index (χ3v) is 6.14. The molecule has 2 aliphatic heterocycles. The molecule has 0 saturated carbocycles. The Morgan fingerprint density at radius 3 is 2.77 bits per heavy atom.